The van der Waals surface area contributed by atoms with Crippen LogP contribution >= 0.6 is 0 Å². The molecule has 0 aliphatic heterocycles. The van der Waals surface area contributed by atoms with Crippen molar-refractivity contribution < 1.29 is 23.1 Å². The molecule has 0 spiro atoms. The predicted octanol–water partition coefficient (Wildman–Crippen LogP) is 3.04. The van der Waals surface area contributed by atoms with Crippen LogP contribution in [-0.2, 0) is 9.53 Å². The molecule has 0 aliphatic rings. The van der Waals surface area contributed by atoms with Gasteiger partial charge in [-0.3, -0.25) is 0 Å². The lowest BCUT2D eigenvalue weighted by atomic mass is 10.0. The molecule has 1 amide bonds. The number of ether oxygens (including phenoxy) is 1. The Morgan fingerprint density at radius 3 is 2.45 bits per heavy atom. The smallest absolute Gasteiger partial charge is 0.408 e. The molecule has 1 rings (SSSR count). The third-order valence-corrected chi connectivity index (χ3v) is 2.44. The molecule has 4 nitrogen and oxygen atoms in total. The van der Waals surface area contributed by atoms with E-state index in [1.165, 1.54) is 13.0 Å². The normalized spacial score (nSPS) is 12.7. The monoisotopic (exact) mass is 285 g/mol. The fourth-order valence-electron chi connectivity index (χ4n) is 1.57. The van der Waals surface area contributed by atoms with E-state index >= 15 is 0 Å². The lowest BCUT2D eigenvalue weighted by Gasteiger charge is -2.22. The highest BCUT2D eigenvalue weighted by Crippen LogP contribution is 2.22. The largest absolute Gasteiger partial charge is 0.444 e. The molecule has 0 fully saturated rings. The SMILES string of the molecule is Cc1ccc(F)c(C(C=O)NC(=O)OC(C)(C)C)c1F. The first-order valence-corrected chi connectivity index (χ1v) is 6.05. The minimum absolute atomic E-state index is 0.180. The second-order valence-corrected chi connectivity index (χ2v) is 5.35. The first-order valence-electron chi connectivity index (χ1n) is 6.05. The molecule has 0 aromatic heterocycles. The Bertz CT molecular complexity index is 524. The molecule has 1 N–H and O–H groups in total. The first kappa shape index (κ1) is 16.1. The van der Waals surface area contributed by atoms with Crippen molar-refractivity contribution in [1.82, 2.24) is 5.32 Å². The summed E-state index contributed by atoms with van der Waals surface area (Å²) < 4.78 is 32.5. The highest BCUT2D eigenvalue weighted by Gasteiger charge is 2.25. The van der Waals surface area contributed by atoms with Crippen LogP contribution in [0.25, 0.3) is 0 Å². The van der Waals surface area contributed by atoms with E-state index in [1.54, 1.807) is 20.8 Å². The highest BCUT2D eigenvalue weighted by atomic mass is 19.1. The number of carbonyl (C=O) groups excluding carboxylic acids is 2. The molecule has 1 unspecified atom stereocenters. The molecule has 0 radical (unpaired) electrons. The van der Waals surface area contributed by atoms with Crippen LogP contribution in [0, 0.1) is 18.6 Å². The Balaban J connectivity index is 3.01. The Labute approximate surface area is 116 Å². The second kappa shape index (κ2) is 5.98. The number of hydrogen-bond donors (Lipinski definition) is 1. The van der Waals surface area contributed by atoms with Crippen molar-refractivity contribution in [3.63, 3.8) is 0 Å². The van der Waals surface area contributed by atoms with Crippen molar-refractivity contribution >= 4 is 12.4 Å². The van der Waals surface area contributed by atoms with Crippen LogP contribution in [0.2, 0.25) is 0 Å². The fraction of sp³-hybridized carbons (Fsp3) is 0.429. The topological polar surface area (TPSA) is 55.4 Å². The molecule has 110 valence electrons. The van der Waals surface area contributed by atoms with Gasteiger partial charge in [0, 0.05) is 0 Å². The summed E-state index contributed by atoms with van der Waals surface area (Å²) in [5.74, 6) is -1.76. The van der Waals surface area contributed by atoms with Crippen molar-refractivity contribution in [3.05, 3.63) is 34.9 Å². The lowest BCUT2D eigenvalue weighted by Crippen LogP contribution is -2.36. The van der Waals surface area contributed by atoms with Gasteiger partial charge in [0.2, 0.25) is 0 Å². The number of carbonyl (C=O) groups is 2. The third kappa shape index (κ3) is 4.01. The van der Waals surface area contributed by atoms with Gasteiger partial charge in [-0.15, -0.1) is 0 Å². The number of aldehydes is 1. The van der Waals surface area contributed by atoms with E-state index in [-0.39, 0.29) is 11.8 Å². The van der Waals surface area contributed by atoms with E-state index in [0.717, 1.165) is 6.07 Å². The van der Waals surface area contributed by atoms with E-state index < -0.39 is 34.9 Å². The van der Waals surface area contributed by atoms with Crippen molar-refractivity contribution in [2.24, 2.45) is 0 Å². The van der Waals surface area contributed by atoms with Gasteiger partial charge in [-0.1, -0.05) is 6.07 Å². The predicted molar refractivity (Wildman–Crippen MR) is 69.3 cm³/mol. The Kier molecular flexibility index (Phi) is 4.81. The first-order chi connectivity index (χ1) is 9.15. The van der Waals surface area contributed by atoms with E-state index in [1.807, 2.05) is 0 Å². The summed E-state index contributed by atoms with van der Waals surface area (Å²) in [5, 5.41) is 2.14. The zero-order valence-electron chi connectivity index (χ0n) is 11.8. The molecule has 0 heterocycles. The molecular formula is C14H17F2NO3. The molecule has 0 saturated heterocycles. The summed E-state index contributed by atoms with van der Waals surface area (Å²) in [6.07, 6.45) is -0.667. The number of amides is 1. The molecule has 1 aromatic carbocycles. The number of aryl methyl sites for hydroxylation is 1. The van der Waals surface area contributed by atoms with E-state index in [9.17, 15) is 18.4 Å². The zero-order valence-corrected chi connectivity index (χ0v) is 11.8. The Morgan fingerprint density at radius 2 is 1.95 bits per heavy atom. The number of alkyl carbamates (subject to hydrolysis) is 1. The summed E-state index contributed by atoms with van der Waals surface area (Å²) in [6.45, 7) is 6.34. The molecule has 1 aromatic rings. The van der Waals surface area contributed by atoms with Gasteiger partial charge in [-0.05, 0) is 39.3 Å². The molecule has 20 heavy (non-hydrogen) atoms. The standard InChI is InChI=1S/C14H17F2NO3/c1-8-5-6-9(15)11(12(8)16)10(7-18)17-13(19)20-14(2,3)4/h5-7,10H,1-4H3,(H,17,19). The average Bonchev–Trinajstić information content (AvgIpc) is 2.30. The Hall–Kier alpha value is -1.98. The molecule has 0 aliphatic carbocycles. The van der Waals surface area contributed by atoms with Crippen LogP contribution in [0.15, 0.2) is 12.1 Å². The van der Waals surface area contributed by atoms with Crippen LogP contribution in [0.5, 0.6) is 0 Å². The number of nitrogens with one attached hydrogen (secondary N) is 1. The van der Waals surface area contributed by atoms with Gasteiger partial charge in [-0.2, -0.15) is 0 Å². The minimum atomic E-state index is -1.44. The van der Waals surface area contributed by atoms with Crippen molar-refractivity contribution in [2.45, 2.75) is 39.3 Å². The van der Waals surface area contributed by atoms with Crippen LogP contribution < -0.4 is 5.32 Å². The summed E-state index contributed by atoms with van der Waals surface area (Å²) in [7, 11) is 0. The van der Waals surface area contributed by atoms with E-state index in [4.69, 9.17) is 4.74 Å². The maximum Gasteiger partial charge on any atom is 0.408 e. The Morgan fingerprint density at radius 1 is 1.35 bits per heavy atom. The summed E-state index contributed by atoms with van der Waals surface area (Å²) in [5.41, 5.74) is -1.09. The highest BCUT2D eigenvalue weighted by molar-refractivity contribution is 5.74. The van der Waals surface area contributed by atoms with Gasteiger partial charge < -0.3 is 14.8 Å². The molecular weight excluding hydrogens is 268 g/mol. The van der Waals surface area contributed by atoms with Gasteiger partial charge >= 0.3 is 6.09 Å². The van der Waals surface area contributed by atoms with Crippen molar-refractivity contribution in [3.8, 4) is 0 Å². The number of hydrogen-bond acceptors (Lipinski definition) is 3. The summed E-state index contributed by atoms with van der Waals surface area (Å²) in [6, 6.07) is 0.856. The quantitative estimate of drug-likeness (QED) is 0.868. The van der Waals surface area contributed by atoms with Crippen LogP contribution in [0.1, 0.15) is 37.9 Å². The molecule has 6 heteroatoms. The fourth-order valence-corrected chi connectivity index (χ4v) is 1.57. The molecule has 0 bridgehead atoms. The van der Waals surface area contributed by atoms with Gasteiger partial charge in [0.25, 0.3) is 0 Å². The number of halogens is 2. The van der Waals surface area contributed by atoms with Gasteiger partial charge in [-0.25, -0.2) is 13.6 Å². The number of rotatable bonds is 3. The molecule has 1 atom stereocenters. The van der Waals surface area contributed by atoms with E-state index in [2.05, 4.69) is 5.32 Å². The minimum Gasteiger partial charge on any atom is -0.444 e. The average molecular weight is 285 g/mol. The van der Waals surface area contributed by atoms with Crippen molar-refractivity contribution in [1.29, 1.82) is 0 Å². The van der Waals surface area contributed by atoms with Crippen LogP contribution in [0.3, 0.4) is 0 Å². The van der Waals surface area contributed by atoms with Crippen molar-refractivity contribution in [2.75, 3.05) is 0 Å². The van der Waals surface area contributed by atoms with Gasteiger partial charge in [0.05, 0.1) is 5.56 Å². The maximum atomic E-state index is 13.9. The van der Waals surface area contributed by atoms with Gasteiger partial charge in [0.15, 0.2) is 0 Å². The van der Waals surface area contributed by atoms with E-state index in [0.29, 0.717) is 0 Å². The zero-order chi connectivity index (χ0) is 15.5. The van der Waals surface area contributed by atoms with Crippen LogP contribution in [0.4, 0.5) is 13.6 Å². The summed E-state index contributed by atoms with van der Waals surface area (Å²) >= 11 is 0. The summed E-state index contributed by atoms with van der Waals surface area (Å²) in [4.78, 5) is 22.6. The molecule has 0 saturated carbocycles. The maximum absolute atomic E-state index is 13.9. The second-order valence-electron chi connectivity index (χ2n) is 5.35. The van der Waals surface area contributed by atoms with Crippen LogP contribution in [-0.4, -0.2) is 18.0 Å². The third-order valence-electron chi connectivity index (χ3n) is 2.44. The van der Waals surface area contributed by atoms with Gasteiger partial charge in [0.1, 0.15) is 29.6 Å². The number of benzene rings is 1. The lowest BCUT2D eigenvalue weighted by molar-refractivity contribution is -0.109.